The maximum absolute atomic E-state index is 11.9. The van der Waals surface area contributed by atoms with Gasteiger partial charge in [0.2, 0.25) is 0 Å². The summed E-state index contributed by atoms with van der Waals surface area (Å²) in [4.78, 5) is 0. The fourth-order valence-corrected chi connectivity index (χ4v) is 5.14. The second-order valence-corrected chi connectivity index (χ2v) is 8.94. The quantitative estimate of drug-likeness (QED) is 0.215. The number of anilines is 1. The zero-order chi connectivity index (χ0) is 19.6. The molecule has 1 unspecified atom stereocenters. The molecule has 0 amide bonds. The zero-order valence-corrected chi connectivity index (χ0v) is 14.9. The van der Waals surface area contributed by atoms with E-state index in [1.807, 2.05) is 0 Å². The Morgan fingerprint density at radius 3 is 2.04 bits per heavy atom. The van der Waals surface area contributed by atoms with E-state index in [1.165, 1.54) is 24.3 Å². The molecule has 0 aromatic heterocycles. The highest BCUT2D eigenvalue weighted by molar-refractivity contribution is 8.05. The molecule has 0 fully saturated rings. The topological polar surface area (TPSA) is 185 Å². The van der Waals surface area contributed by atoms with Crippen molar-refractivity contribution in [1.29, 1.82) is 0 Å². The number of nitrogens with one attached hydrogen (secondary N) is 2. The van der Waals surface area contributed by atoms with E-state index in [9.17, 15) is 25.9 Å². The number of allylic oxidation sites excluding steroid dienone is 3. The average Bonchev–Trinajstić information content (AvgIpc) is 2.58. The molecule has 1 aliphatic rings. The first-order chi connectivity index (χ1) is 12.0. The second kappa shape index (κ2) is 7.19. The van der Waals surface area contributed by atoms with Crippen molar-refractivity contribution in [3.05, 3.63) is 59.8 Å². The van der Waals surface area contributed by atoms with E-state index in [-0.39, 0.29) is 5.70 Å². The summed E-state index contributed by atoms with van der Waals surface area (Å²) in [6.07, 6.45) is 5.82. The van der Waals surface area contributed by atoms with Crippen molar-refractivity contribution in [1.82, 2.24) is 5.43 Å². The van der Waals surface area contributed by atoms with Crippen LogP contribution >= 0.6 is 0 Å². The average molecular weight is 402 g/mol. The minimum absolute atomic E-state index is 0.108. The number of rotatable bonds is 6. The SMILES string of the molecule is NNC1=CC(S(=O)(=O)O)(S(=O)(=O)O)C(C=Cc2ccc(NN)cc2)C=C1. The monoisotopic (exact) mass is 402 g/mol. The molecule has 12 heteroatoms. The standard InChI is InChI=1S/C14H18N4O6S2/c15-17-12-6-2-10(3-7-12)1-4-11-5-8-13(18-16)9-14(11,25(19,20)21)26(22,23)24/h1-9,11,17-18H,15-16H2,(H,19,20,21)(H,22,23,24). The summed E-state index contributed by atoms with van der Waals surface area (Å²) >= 11 is 0. The molecule has 0 spiro atoms. The van der Waals surface area contributed by atoms with E-state index in [0.717, 1.165) is 0 Å². The molecule has 26 heavy (non-hydrogen) atoms. The van der Waals surface area contributed by atoms with Crippen LogP contribution in [0.25, 0.3) is 6.08 Å². The van der Waals surface area contributed by atoms with Crippen LogP contribution < -0.4 is 22.5 Å². The summed E-state index contributed by atoms with van der Waals surface area (Å²) in [5.74, 6) is 9.03. The number of hydrogen-bond donors (Lipinski definition) is 6. The largest absolute Gasteiger partial charge is 0.324 e. The highest BCUT2D eigenvalue weighted by Gasteiger charge is 2.58. The molecule has 0 radical (unpaired) electrons. The highest BCUT2D eigenvalue weighted by Crippen LogP contribution is 2.39. The summed E-state index contributed by atoms with van der Waals surface area (Å²) in [6, 6.07) is 6.57. The lowest BCUT2D eigenvalue weighted by molar-refractivity contribution is 0.423. The molecule has 1 aliphatic carbocycles. The maximum atomic E-state index is 11.9. The van der Waals surface area contributed by atoms with Crippen LogP contribution in [0.4, 0.5) is 5.69 Å². The van der Waals surface area contributed by atoms with Gasteiger partial charge in [0.25, 0.3) is 24.3 Å². The van der Waals surface area contributed by atoms with Crippen LogP contribution in [-0.4, -0.2) is 30.0 Å². The van der Waals surface area contributed by atoms with Crippen molar-refractivity contribution in [3.8, 4) is 0 Å². The van der Waals surface area contributed by atoms with Gasteiger partial charge in [0.1, 0.15) is 0 Å². The van der Waals surface area contributed by atoms with Crippen LogP contribution in [0.15, 0.2) is 54.3 Å². The van der Waals surface area contributed by atoms with Gasteiger partial charge in [-0.05, 0) is 29.8 Å². The number of hydrazine groups is 2. The van der Waals surface area contributed by atoms with E-state index >= 15 is 0 Å². The third kappa shape index (κ3) is 3.65. The van der Waals surface area contributed by atoms with Gasteiger partial charge in [-0.25, -0.2) is 0 Å². The van der Waals surface area contributed by atoms with Gasteiger partial charge in [-0.3, -0.25) is 20.8 Å². The first kappa shape index (κ1) is 20.1. The Bertz CT molecular complexity index is 933. The Kier molecular flexibility index (Phi) is 5.55. The van der Waals surface area contributed by atoms with E-state index in [0.29, 0.717) is 17.3 Å². The molecular weight excluding hydrogens is 384 g/mol. The Balaban J connectivity index is 2.56. The summed E-state index contributed by atoms with van der Waals surface area (Å²) in [5.41, 5.74) is 5.65. The molecule has 0 aliphatic heterocycles. The van der Waals surface area contributed by atoms with Crippen molar-refractivity contribution >= 4 is 32.0 Å². The second-order valence-electron chi connectivity index (χ2n) is 5.43. The van der Waals surface area contributed by atoms with Gasteiger partial charge in [0.15, 0.2) is 0 Å². The molecule has 1 aromatic rings. The van der Waals surface area contributed by atoms with Gasteiger partial charge in [-0.15, -0.1) is 0 Å². The zero-order valence-electron chi connectivity index (χ0n) is 13.3. The van der Waals surface area contributed by atoms with Crippen molar-refractivity contribution in [3.63, 3.8) is 0 Å². The Morgan fingerprint density at radius 1 is 1.00 bits per heavy atom. The Morgan fingerprint density at radius 2 is 1.58 bits per heavy atom. The third-order valence-corrected chi connectivity index (χ3v) is 7.51. The molecule has 0 heterocycles. The minimum Gasteiger partial charge on any atom is -0.324 e. The molecule has 2 rings (SSSR count). The lowest BCUT2D eigenvalue weighted by atomic mass is 9.96. The highest BCUT2D eigenvalue weighted by atomic mass is 32.3. The number of nitrogens with two attached hydrogens (primary N) is 2. The lowest BCUT2D eigenvalue weighted by Gasteiger charge is -2.32. The van der Waals surface area contributed by atoms with Crippen LogP contribution in [0.3, 0.4) is 0 Å². The van der Waals surface area contributed by atoms with E-state index < -0.39 is 30.2 Å². The van der Waals surface area contributed by atoms with Gasteiger partial charge in [-0.2, -0.15) is 16.8 Å². The summed E-state index contributed by atoms with van der Waals surface area (Å²) < 4.78 is 63.9. The van der Waals surface area contributed by atoms with Gasteiger partial charge in [0, 0.05) is 17.3 Å². The number of hydrogen-bond acceptors (Lipinski definition) is 8. The molecule has 0 bridgehead atoms. The van der Waals surface area contributed by atoms with Crippen molar-refractivity contribution in [2.45, 2.75) is 4.08 Å². The minimum atomic E-state index is -5.29. The van der Waals surface area contributed by atoms with E-state index in [2.05, 4.69) is 10.9 Å². The van der Waals surface area contributed by atoms with Crippen molar-refractivity contribution < 1.29 is 25.9 Å². The van der Waals surface area contributed by atoms with Crippen LogP contribution in [0.2, 0.25) is 0 Å². The lowest BCUT2D eigenvalue weighted by Crippen LogP contribution is -2.51. The smallest absolute Gasteiger partial charge is 0.292 e. The first-order valence-corrected chi connectivity index (χ1v) is 10.00. The van der Waals surface area contributed by atoms with Gasteiger partial charge < -0.3 is 10.9 Å². The molecular formula is C14H18N4O6S2. The van der Waals surface area contributed by atoms with Gasteiger partial charge in [-0.1, -0.05) is 30.4 Å². The van der Waals surface area contributed by atoms with Crippen LogP contribution in [0.1, 0.15) is 5.56 Å². The van der Waals surface area contributed by atoms with Crippen molar-refractivity contribution in [2.24, 2.45) is 17.6 Å². The predicted octanol–water partition coefficient (Wildman–Crippen LogP) is -0.00950. The Labute approximate surface area is 150 Å². The van der Waals surface area contributed by atoms with Crippen molar-refractivity contribution in [2.75, 3.05) is 5.43 Å². The fourth-order valence-electron chi connectivity index (χ4n) is 2.52. The molecule has 0 saturated heterocycles. The molecule has 0 saturated carbocycles. The van der Waals surface area contributed by atoms with Crippen LogP contribution in [0, 0.1) is 5.92 Å². The summed E-state index contributed by atoms with van der Waals surface area (Å²) in [5, 5.41) is 0. The normalized spacial score (nSPS) is 20.0. The third-order valence-electron chi connectivity index (χ3n) is 3.85. The number of nitrogen functional groups attached to an aromatic ring is 1. The molecule has 10 nitrogen and oxygen atoms in total. The molecule has 1 atom stereocenters. The van der Waals surface area contributed by atoms with Crippen LogP contribution in [-0.2, 0) is 20.2 Å². The van der Waals surface area contributed by atoms with E-state index in [1.54, 1.807) is 24.3 Å². The fraction of sp³-hybridized carbons (Fsp3) is 0.143. The summed E-state index contributed by atoms with van der Waals surface area (Å²) in [6.45, 7) is 0. The Hall–Kier alpha value is -2.22. The molecule has 142 valence electrons. The first-order valence-electron chi connectivity index (χ1n) is 7.12. The predicted molar refractivity (Wildman–Crippen MR) is 97.2 cm³/mol. The molecule has 8 N–H and O–H groups in total. The molecule has 1 aromatic carbocycles. The maximum Gasteiger partial charge on any atom is 0.292 e. The van der Waals surface area contributed by atoms with Gasteiger partial charge in [0.05, 0.1) is 0 Å². The van der Waals surface area contributed by atoms with Crippen LogP contribution in [0.5, 0.6) is 0 Å². The number of benzene rings is 1. The van der Waals surface area contributed by atoms with Gasteiger partial charge >= 0.3 is 0 Å². The van der Waals surface area contributed by atoms with E-state index in [4.69, 9.17) is 11.7 Å². The summed E-state index contributed by atoms with van der Waals surface area (Å²) in [7, 11) is -10.6.